The second kappa shape index (κ2) is 26.0. The third-order valence-electron chi connectivity index (χ3n) is 10.2. The van der Waals surface area contributed by atoms with Crippen molar-refractivity contribution < 1.29 is 72.9 Å². The Morgan fingerprint density at radius 3 is 1.71 bits per heavy atom. The van der Waals surface area contributed by atoms with E-state index in [-0.39, 0.29) is 31.4 Å². The Bertz CT molecular complexity index is 1940. The zero-order valence-electron chi connectivity index (χ0n) is 37.1. The van der Waals surface area contributed by atoms with E-state index >= 15 is 0 Å². The number of nitrogens with zero attached hydrogens (tertiary/aromatic N) is 1. The molecular weight excluding hydrogens is 857 g/mol. The second-order valence-electron chi connectivity index (χ2n) is 16.2. The maximum Gasteiger partial charge on any atom is 0.322 e. The van der Waals surface area contributed by atoms with Gasteiger partial charge in [-0.3, -0.25) is 57.5 Å². The molecule has 0 aromatic heterocycles. The number of carboxylic acids is 3. The zero-order chi connectivity index (χ0) is 49.1. The van der Waals surface area contributed by atoms with Crippen LogP contribution in [0.5, 0.6) is 0 Å². The van der Waals surface area contributed by atoms with Crippen LogP contribution in [-0.4, -0.2) is 147 Å². The van der Waals surface area contributed by atoms with Crippen LogP contribution >= 0.6 is 0 Å². The molecule has 1 aromatic rings. The molecule has 23 nitrogen and oxygen atoms in total. The first-order chi connectivity index (χ1) is 30.5. The molecule has 1 aliphatic heterocycles. The molecule has 0 radical (unpaired) electrons. The van der Waals surface area contributed by atoms with Crippen LogP contribution in [0.3, 0.4) is 0 Å². The first-order valence-corrected chi connectivity index (χ1v) is 21.1. The molecule has 8 amide bonds. The number of carboxylic acid groups (broad SMARTS) is 3. The van der Waals surface area contributed by atoms with Gasteiger partial charge < -0.3 is 57.4 Å². The van der Waals surface area contributed by atoms with Gasteiger partial charge in [0.15, 0.2) is 0 Å². The zero-order valence-corrected chi connectivity index (χ0v) is 37.1. The average Bonchev–Trinajstić information content (AvgIpc) is 3.66. The molecule has 1 aromatic carbocycles. The molecule has 0 spiro atoms. The van der Waals surface area contributed by atoms with Crippen molar-refractivity contribution in [3.05, 3.63) is 35.9 Å². The normalized spacial score (nSPS) is 16.7. The second-order valence-corrected chi connectivity index (χ2v) is 16.2. The fraction of sp³-hybridized carbons (Fsp3) is 0.571. The van der Waals surface area contributed by atoms with Crippen LogP contribution in [0.25, 0.3) is 0 Å². The Morgan fingerprint density at radius 1 is 0.662 bits per heavy atom. The monoisotopic (exact) mass is 916 g/mol. The predicted molar refractivity (Wildman–Crippen MR) is 227 cm³/mol. The van der Waals surface area contributed by atoms with E-state index in [1.165, 1.54) is 0 Å². The van der Waals surface area contributed by atoms with Crippen molar-refractivity contribution in [3.63, 3.8) is 0 Å². The third-order valence-corrected chi connectivity index (χ3v) is 10.2. The molecule has 1 saturated heterocycles. The minimum atomic E-state index is -1.59. The highest BCUT2D eigenvalue weighted by atomic mass is 16.4. The van der Waals surface area contributed by atoms with Gasteiger partial charge in [0.05, 0.1) is 6.04 Å². The minimum absolute atomic E-state index is 0.0334. The predicted octanol–water partition coefficient (Wildman–Crippen LogP) is -1.56. The lowest BCUT2D eigenvalue weighted by molar-refractivity contribution is -0.145. The molecule has 2 rings (SSSR count). The largest absolute Gasteiger partial charge is 0.481 e. The Balaban J connectivity index is 2.44. The van der Waals surface area contributed by atoms with Crippen LogP contribution in [0.1, 0.15) is 96.8 Å². The first kappa shape index (κ1) is 54.2. The van der Waals surface area contributed by atoms with Crippen LogP contribution in [-0.2, 0) is 52.7 Å². The molecule has 23 heteroatoms. The lowest BCUT2D eigenvalue weighted by Gasteiger charge is -2.33. The summed E-state index contributed by atoms with van der Waals surface area (Å²) in [5, 5.41) is 44.4. The van der Waals surface area contributed by atoms with Crippen molar-refractivity contribution in [3.8, 4) is 0 Å². The number of ketones is 1. The topological polar surface area (TPSA) is 353 Å². The van der Waals surface area contributed by atoms with E-state index in [0.717, 1.165) is 11.8 Å². The van der Waals surface area contributed by atoms with Crippen LogP contribution in [0.2, 0.25) is 0 Å². The van der Waals surface area contributed by atoms with Crippen LogP contribution in [0.15, 0.2) is 30.3 Å². The smallest absolute Gasteiger partial charge is 0.322 e. The van der Waals surface area contributed by atoms with Gasteiger partial charge in [-0.15, -0.1) is 0 Å². The molecule has 0 aliphatic carbocycles. The molecule has 0 saturated carbocycles. The summed E-state index contributed by atoms with van der Waals surface area (Å²) in [4.78, 5) is 155. The Hall–Kier alpha value is -6.94. The lowest BCUT2D eigenvalue weighted by atomic mass is 9.98. The van der Waals surface area contributed by atoms with Crippen LogP contribution < -0.4 is 37.2 Å². The average molecular weight is 917 g/mol. The number of hydrogen-bond donors (Lipinski definition) is 10. The van der Waals surface area contributed by atoms with Gasteiger partial charge >= 0.3 is 17.9 Å². The minimum Gasteiger partial charge on any atom is -0.481 e. The fourth-order valence-corrected chi connectivity index (χ4v) is 6.83. The van der Waals surface area contributed by atoms with Crippen molar-refractivity contribution in [1.82, 2.24) is 42.1 Å². The molecule has 0 unspecified atom stereocenters. The summed E-state index contributed by atoms with van der Waals surface area (Å²) < 4.78 is 0. The number of Topliss-reactive ketones (excluding diaryl/α,β-unsaturated/α-hetero) is 1. The van der Waals surface area contributed by atoms with Gasteiger partial charge in [-0.1, -0.05) is 59.2 Å². The van der Waals surface area contributed by atoms with E-state index in [0.29, 0.717) is 6.42 Å². The number of carbonyl (C=O) groups excluding carboxylic acids is 9. The lowest BCUT2D eigenvalue weighted by Crippen LogP contribution is -2.61. The van der Waals surface area contributed by atoms with E-state index in [4.69, 9.17) is 10.2 Å². The molecule has 0 bridgehead atoms. The van der Waals surface area contributed by atoms with Gasteiger partial charge in [0.25, 0.3) is 11.8 Å². The molecule has 7 atom stereocenters. The molecule has 1 aliphatic rings. The van der Waals surface area contributed by atoms with Gasteiger partial charge in [0.2, 0.25) is 41.2 Å². The van der Waals surface area contributed by atoms with E-state index in [1.54, 1.807) is 65.0 Å². The van der Waals surface area contributed by atoms with Crippen LogP contribution in [0, 0.1) is 11.8 Å². The summed E-state index contributed by atoms with van der Waals surface area (Å²) in [6.07, 6.45) is -1.89. The number of carbonyl (C=O) groups is 12. The van der Waals surface area contributed by atoms with Crippen LogP contribution in [0.4, 0.5) is 0 Å². The molecular formula is C42H60N8O15. The van der Waals surface area contributed by atoms with Gasteiger partial charge in [0.1, 0.15) is 36.8 Å². The molecule has 358 valence electrons. The summed E-state index contributed by atoms with van der Waals surface area (Å²) in [6, 6.07) is -1.34. The summed E-state index contributed by atoms with van der Waals surface area (Å²) >= 11 is 0. The maximum absolute atomic E-state index is 14.5. The summed E-state index contributed by atoms with van der Waals surface area (Å²) in [7, 11) is 0. The van der Waals surface area contributed by atoms with Crippen molar-refractivity contribution in [2.75, 3.05) is 13.1 Å². The molecule has 10 N–H and O–H groups in total. The van der Waals surface area contributed by atoms with Gasteiger partial charge in [0, 0.05) is 37.9 Å². The van der Waals surface area contributed by atoms with E-state index in [1.807, 2.05) is 5.32 Å². The van der Waals surface area contributed by atoms with Crippen molar-refractivity contribution in [1.29, 1.82) is 0 Å². The number of nitrogens with one attached hydrogen (secondary N) is 7. The number of rotatable bonds is 26. The van der Waals surface area contributed by atoms with E-state index < -0.39 is 151 Å². The first-order valence-electron chi connectivity index (χ1n) is 21.1. The number of benzene rings is 1. The number of amides is 8. The van der Waals surface area contributed by atoms with E-state index in [2.05, 4.69) is 31.9 Å². The fourth-order valence-electron chi connectivity index (χ4n) is 6.83. The highest BCUT2D eigenvalue weighted by molar-refractivity contribution is 6.38. The standard InChI is InChI=1S/C42H60N8O15/c1-7-11-26(35(58)41(64)43-19-32(56)57)46-39(62)29-18-25(45-36(59)24-12-9-8-10-13-24)20-50(29)42(65)34(22(4)5)49-40(63)33(21(2)3)48-38(61)28(15-17-31(54)55)47-37(60)27(44-23(6)51)14-16-30(52)53/h8-10,12-13,21-22,25-29,33-34H,7,11,14-20H2,1-6H3,(H,43,64)(H,44,51)(H,45,59)(H,46,62)(H,47,60)(H,48,61)(H,49,63)(H,52,53)(H,54,55)(H,56,57)/t25-,26+,27+,28+,29+,33+,34+/m1/s1. The maximum atomic E-state index is 14.5. The summed E-state index contributed by atoms with van der Waals surface area (Å²) in [6.45, 7) is 7.93. The molecule has 1 heterocycles. The number of hydrogen-bond acceptors (Lipinski definition) is 12. The van der Waals surface area contributed by atoms with Gasteiger partial charge in [-0.05, 0) is 49.7 Å². The SMILES string of the molecule is CCC[C@H](NC(=O)[C@@H]1C[C@@H](NC(=O)c2ccccc2)CN1C(=O)[C@@H](NC(=O)[C@@H](NC(=O)[C@H](CCC(=O)O)NC(=O)[C@H](CCC(=O)O)NC(C)=O)C(C)C)C(C)C)C(=O)C(=O)NCC(=O)O. The number of aliphatic carboxylic acids is 3. The molecule has 1 fully saturated rings. The quantitative estimate of drug-likeness (QED) is 0.0470. The Kier molecular flexibility index (Phi) is 21.7. The van der Waals surface area contributed by atoms with Crippen molar-refractivity contribution in [2.45, 2.75) is 129 Å². The summed E-state index contributed by atoms with van der Waals surface area (Å²) in [5.41, 5.74) is 0.281. The third kappa shape index (κ3) is 17.6. The van der Waals surface area contributed by atoms with Crippen molar-refractivity contribution >= 4 is 70.9 Å². The van der Waals surface area contributed by atoms with E-state index in [9.17, 15) is 62.6 Å². The highest BCUT2D eigenvalue weighted by Gasteiger charge is 2.45. The highest BCUT2D eigenvalue weighted by Crippen LogP contribution is 2.23. The summed E-state index contributed by atoms with van der Waals surface area (Å²) in [5.74, 6) is -13.5. The number of likely N-dealkylation sites (tertiary alicyclic amines) is 1. The van der Waals surface area contributed by atoms with Gasteiger partial charge in [-0.2, -0.15) is 0 Å². The Labute approximate surface area is 374 Å². The van der Waals surface area contributed by atoms with Crippen molar-refractivity contribution in [2.24, 2.45) is 11.8 Å². The molecule has 65 heavy (non-hydrogen) atoms. The Morgan fingerprint density at radius 2 is 1.20 bits per heavy atom. The van der Waals surface area contributed by atoms with Gasteiger partial charge in [-0.25, -0.2) is 0 Å².